The molecule has 2 rings (SSSR count). The molecule has 0 aromatic heterocycles. The van der Waals surface area contributed by atoms with E-state index < -0.39 is 0 Å². The van der Waals surface area contributed by atoms with Crippen molar-refractivity contribution in [2.45, 2.75) is 18.3 Å². The molecule has 0 N–H and O–H groups in total. The van der Waals surface area contributed by atoms with Gasteiger partial charge in [0, 0.05) is 12.1 Å². The standard InChI is InChI=1S/C17H17ClO3S/c1-12(13-8-10-15(18)11-9-13)16(19)21-22-17(20-2)14-6-4-3-5-7-14/h3-12,17H,1-2H3. The number of carbonyl (C=O) groups is 1. The molecule has 2 aromatic rings. The molecule has 0 aliphatic heterocycles. The molecule has 0 aliphatic carbocycles. The van der Waals surface area contributed by atoms with Gasteiger partial charge in [0.25, 0.3) is 0 Å². The molecule has 0 aliphatic rings. The maximum absolute atomic E-state index is 12.1. The topological polar surface area (TPSA) is 35.5 Å². The summed E-state index contributed by atoms with van der Waals surface area (Å²) in [6, 6.07) is 16.8. The first-order chi connectivity index (χ1) is 10.6. The van der Waals surface area contributed by atoms with Crippen LogP contribution >= 0.6 is 23.6 Å². The Morgan fingerprint density at radius 2 is 1.68 bits per heavy atom. The second-order valence-electron chi connectivity index (χ2n) is 4.75. The Hall–Kier alpha value is -1.49. The lowest BCUT2D eigenvalue weighted by Gasteiger charge is -2.16. The Bertz CT molecular complexity index is 601. The summed E-state index contributed by atoms with van der Waals surface area (Å²) in [5.74, 6) is -0.677. The number of methoxy groups -OCH3 is 1. The minimum Gasteiger partial charge on any atom is -0.388 e. The molecule has 0 bridgehead atoms. The van der Waals surface area contributed by atoms with Crippen LogP contribution in [0.5, 0.6) is 0 Å². The number of hydrogen-bond donors (Lipinski definition) is 0. The van der Waals surface area contributed by atoms with Gasteiger partial charge in [0.2, 0.25) is 0 Å². The van der Waals surface area contributed by atoms with Gasteiger partial charge in [-0.2, -0.15) is 0 Å². The average Bonchev–Trinajstić information content (AvgIpc) is 2.56. The summed E-state index contributed by atoms with van der Waals surface area (Å²) in [6.45, 7) is 1.80. The molecule has 0 radical (unpaired) electrons. The van der Waals surface area contributed by atoms with Gasteiger partial charge < -0.3 is 8.92 Å². The number of benzene rings is 2. The smallest absolute Gasteiger partial charge is 0.325 e. The Morgan fingerprint density at radius 3 is 2.27 bits per heavy atom. The van der Waals surface area contributed by atoms with Crippen LogP contribution in [-0.4, -0.2) is 13.1 Å². The Labute approximate surface area is 139 Å². The second kappa shape index (κ2) is 8.22. The van der Waals surface area contributed by atoms with Crippen LogP contribution in [0.15, 0.2) is 54.6 Å². The summed E-state index contributed by atoms with van der Waals surface area (Å²) in [5.41, 5.74) is 1.47. The van der Waals surface area contributed by atoms with Crippen LogP contribution in [0.3, 0.4) is 0 Å². The van der Waals surface area contributed by atoms with Crippen molar-refractivity contribution in [3.05, 3.63) is 70.7 Å². The van der Waals surface area contributed by atoms with Crippen LogP contribution in [0.25, 0.3) is 0 Å². The van der Waals surface area contributed by atoms with Crippen molar-refractivity contribution in [3.8, 4) is 0 Å². The lowest BCUT2D eigenvalue weighted by molar-refractivity contribution is -0.134. The van der Waals surface area contributed by atoms with Gasteiger partial charge in [0.15, 0.2) is 5.44 Å². The molecule has 5 heteroatoms. The first kappa shape index (κ1) is 16.9. The largest absolute Gasteiger partial charge is 0.388 e. The molecule has 116 valence electrons. The third-order valence-electron chi connectivity index (χ3n) is 3.23. The van der Waals surface area contributed by atoms with E-state index in [1.165, 1.54) is 0 Å². The van der Waals surface area contributed by atoms with Gasteiger partial charge >= 0.3 is 5.97 Å². The van der Waals surface area contributed by atoms with E-state index in [1.54, 1.807) is 26.2 Å². The van der Waals surface area contributed by atoms with Gasteiger partial charge in [-0.25, -0.2) is 0 Å². The molecule has 3 nitrogen and oxygen atoms in total. The summed E-state index contributed by atoms with van der Waals surface area (Å²) in [5, 5.41) is 0.641. The summed E-state index contributed by atoms with van der Waals surface area (Å²) < 4.78 is 10.7. The van der Waals surface area contributed by atoms with Crippen LogP contribution < -0.4 is 0 Å². The van der Waals surface area contributed by atoms with Crippen molar-refractivity contribution < 1.29 is 13.7 Å². The number of carbonyl (C=O) groups excluding carboxylic acids is 1. The van der Waals surface area contributed by atoms with Crippen molar-refractivity contribution in [2.24, 2.45) is 0 Å². The fourth-order valence-electron chi connectivity index (χ4n) is 1.89. The fourth-order valence-corrected chi connectivity index (χ4v) is 2.69. The van der Waals surface area contributed by atoms with Crippen molar-refractivity contribution in [1.29, 1.82) is 0 Å². The summed E-state index contributed by atoms with van der Waals surface area (Å²) in [7, 11) is 1.58. The number of ether oxygens (including phenoxy) is 1. The quantitative estimate of drug-likeness (QED) is 0.550. The zero-order valence-corrected chi connectivity index (χ0v) is 13.9. The van der Waals surface area contributed by atoms with Crippen LogP contribution in [-0.2, 0) is 13.7 Å². The molecule has 2 atom stereocenters. The first-order valence-corrected chi connectivity index (χ1v) is 8.00. The maximum Gasteiger partial charge on any atom is 0.325 e. The summed E-state index contributed by atoms with van der Waals surface area (Å²) in [4.78, 5) is 12.1. The summed E-state index contributed by atoms with van der Waals surface area (Å²) in [6.07, 6.45) is 0. The van der Waals surface area contributed by atoms with E-state index in [2.05, 4.69) is 0 Å². The highest BCUT2D eigenvalue weighted by Crippen LogP contribution is 2.32. The zero-order valence-electron chi connectivity index (χ0n) is 12.4. The zero-order chi connectivity index (χ0) is 15.9. The van der Waals surface area contributed by atoms with Gasteiger partial charge in [-0.1, -0.05) is 54.1 Å². The highest BCUT2D eigenvalue weighted by atomic mass is 35.5. The number of hydrogen-bond acceptors (Lipinski definition) is 4. The van der Waals surface area contributed by atoms with E-state index in [-0.39, 0.29) is 17.3 Å². The lowest BCUT2D eigenvalue weighted by Crippen LogP contribution is -2.11. The molecular formula is C17H17ClO3S. The highest BCUT2D eigenvalue weighted by Gasteiger charge is 2.20. The molecule has 0 fully saturated rings. The van der Waals surface area contributed by atoms with Crippen LogP contribution in [0.2, 0.25) is 5.02 Å². The normalized spacial score (nSPS) is 13.4. The fraction of sp³-hybridized carbons (Fsp3) is 0.235. The van der Waals surface area contributed by atoms with Crippen molar-refractivity contribution in [2.75, 3.05) is 7.11 Å². The van der Waals surface area contributed by atoms with E-state index in [4.69, 9.17) is 20.5 Å². The average molecular weight is 337 g/mol. The van der Waals surface area contributed by atoms with E-state index in [0.29, 0.717) is 5.02 Å². The molecule has 0 saturated carbocycles. The van der Waals surface area contributed by atoms with Crippen LogP contribution in [0, 0.1) is 0 Å². The Balaban J connectivity index is 1.95. The molecule has 0 heterocycles. The molecule has 2 unspecified atom stereocenters. The Kier molecular flexibility index (Phi) is 6.31. The minimum absolute atomic E-state index is 0.315. The molecular weight excluding hydrogens is 320 g/mol. The molecule has 2 aromatic carbocycles. The first-order valence-electron chi connectivity index (χ1n) is 6.82. The van der Waals surface area contributed by atoms with Gasteiger partial charge in [0.05, 0.1) is 18.0 Å². The SMILES string of the molecule is COC(SOC(=O)C(C)c1ccc(Cl)cc1)c1ccccc1. The highest BCUT2D eigenvalue weighted by molar-refractivity contribution is 7.95. The lowest BCUT2D eigenvalue weighted by atomic mass is 10.0. The van der Waals surface area contributed by atoms with E-state index >= 15 is 0 Å². The predicted octanol–water partition coefficient (Wildman–Crippen LogP) is 4.98. The van der Waals surface area contributed by atoms with Crippen LogP contribution in [0.4, 0.5) is 0 Å². The molecule has 0 spiro atoms. The van der Waals surface area contributed by atoms with Crippen molar-refractivity contribution in [1.82, 2.24) is 0 Å². The maximum atomic E-state index is 12.1. The van der Waals surface area contributed by atoms with Crippen molar-refractivity contribution >= 4 is 29.6 Å². The van der Waals surface area contributed by atoms with Gasteiger partial charge in [-0.15, -0.1) is 0 Å². The summed E-state index contributed by atoms with van der Waals surface area (Å²) >= 11 is 6.86. The van der Waals surface area contributed by atoms with Gasteiger partial charge in [-0.05, 0) is 30.2 Å². The molecule has 0 amide bonds. The van der Waals surface area contributed by atoms with Crippen LogP contribution in [0.1, 0.15) is 29.4 Å². The second-order valence-corrected chi connectivity index (χ2v) is 5.97. The van der Waals surface area contributed by atoms with E-state index in [9.17, 15) is 4.79 Å². The third kappa shape index (κ3) is 4.50. The molecule has 0 saturated heterocycles. The Morgan fingerprint density at radius 1 is 1.05 bits per heavy atom. The molecule has 22 heavy (non-hydrogen) atoms. The van der Waals surface area contributed by atoms with E-state index in [0.717, 1.165) is 23.2 Å². The monoisotopic (exact) mass is 336 g/mol. The third-order valence-corrected chi connectivity index (χ3v) is 4.38. The van der Waals surface area contributed by atoms with Gasteiger partial charge in [-0.3, -0.25) is 4.79 Å². The van der Waals surface area contributed by atoms with Gasteiger partial charge in [0.1, 0.15) is 0 Å². The predicted molar refractivity (Wildman–Crippen MR) is 89.7 cm³/mol. The number of rotatable bonds is 6. The number of halogens is 1. The van der Waals surface area contributed by atoms with E-state index in [1.807, 2.05) is 42.5 Å². The van der Waals surface area contributed by atoms with Crippen molar-refractivity contribution in [3.63, 3.8) is 0 Å². The minimum atomic E-state index is -0.363.